The molecule has 1 atom stereocenters. The van der Waals surface area contributed by atoms with Gasteiger partial charge in [0, 0.05) is 40.5 Å². The Kier molecular flexibility index (Phi) is 5.80. The van der Waals surface area contributed by atoms with Crippen LogP contribution in [0.4, 0.5) is 0 Å². The van der Waals surface area contributed by atoms with Gasteiger partial charge in [0.25, 0.3) is 5.56 Å². The van der Waals surface area contributed by atoms with E-state index in [4.69, 9.17) is 4.74 Å². The lowest BCUT2D eigenvalue weighted by molar-refractivity contribution is -0.148. The Hall–Kier alpha value is -3.93. The van der Waals surface area contributed by atoms with Crippen molar-refractivity contribution in [1.29, 1.82) is 0 Å². The second kappa shape index (κ2) is 8.83. The highest BCUT2D eigenvalue weighted by molar-refractivity contribution is 6.11. The van der Waals surface area contributed by atoms with Crippen molar-refractivity contribution < 1.29 is 14.3 Å². The first kappa shape index (κ1) is 20.3. The number of fused-ring (bicyclic) bond motifs is 1. The van der Waals surface area contributed by atoms with Gasteiger partial charge in [-0.25, -0.2) is 0 Å². The van der Waals surface area contributed by atoms with E-state index in [-0.39, 0.29) is 17.9 Å². The Labute approximate surface area is 179 Å². The maximum absolute atomic E-state index is 13.5. The monoisotopic (exact) mass is 414 g/mol. The second-order valence-electron chi connectivity index (χ2n) is 7.21. The Bertz CT molecular complexity index is 1290. The number of ketones is 1. The number of rotatable bonds is 7. The Morgan fingerprint density at radius 2 is 1.77 bits per heavy atom. The van der Waals surface area contributed by atoms with Gasteiger partial charge in [-0.15, -0.1) is 0 Å². The van der Waals surface area contributed by atoms with Gasteiger partial charge in [0.05, 0.1) is 0 Å². The van der Waals surface area contributed by atoms with Crippen LogP contribution in [0, 0.1) is 0 Å². The van der Waals surface area contributed by atoms with Crippen LogP contribution in [0.2, 0.25) is 0 Å². The van der Waals surface area contributed by atoms with Crippen molar-refractivity contribution >= 4 is 22.7 Å². The van der Waals surface area contributed by atoms with Gasteiger partial charge in [0.15, 0.2) is 6.10 Å². The number of Topliss-reactive ketones (excluding diaryl/α,β-unsaturated/α-hetero) is 1. The maximum Gasteiger partial charge on any atom is 0.327 e. The van der Waals surface area contributed by atoms with E-state index in [0.717, 1.165) is 22.9 Å². The molecular weight excluding hydrogens is 392 g/mol. The molecule has 4 rings (SSSR count). The predicted octanol–water partition coefficient (Wildman–Crippen LogP) is 4.06. The quantitative estimate of drug-likeness (QED) is 0.365. The number of carbonyl (C=O) groups excluding carboxylic acids is 2. The van der Waals surface area contributed by atoms with Gasteiger partial charge in [0.2, 0.25) is 5.78 Å². The van der Waals surface area contributed by atoms with E-state index in [1.807, 2.05) is 24.3 Å². The molecule has 6 heteroatoms. The van der Waals surface area contributed by atoms with E-state index in [0.29, 0.717) is 11.1 Å². The fourth-order valence-electron chi connectivity index (χ4n) is 3.66. The molecule has 31 heavy (non-hydrogen) atoms. The first-order chi connectivity index (χ1) is 15.1. The van der Waals surface area contributed by atoms with Crippen molar-refractivity contribution in [2.45, 2.75) is 26.0 Å². The Balaban J connectivity index is 1.67. The predicted molar refractivity (Wildman–Crippen MR) is 118 cm³/mol. The van der Waals surface area contributed by atoms with Crippen molar-refractivity contribution in [1.82, 2.24) is 9.55 Å². The van der Waals surface area contributed by atoms with E-state index < -0.39 is 12.1 Å². The average molecular weight is 414 g/mol. The first-order valence-electron chi connectivity index (χ1n) is 10.1. The molecule has 1 N–H and O–H groups in total. The summed E-state index contributed by atoms with van der Waals surface area (Å²) in [5.74, 6) is -0.982. The summed E-state index contributed by atoms with van der Waals surface area (Å²) in [6.45, 7) is 1.78. The standard InChI is InChI=1S/C25H22N2O4/c1-2-17-11-8-12-19-20(15-26-23(17)19)24(30)25(18-9-4-3-5-10-18)31-22(29)16-27-14-7-6-13-21(27)28/h3-15,25-26H,2,16H2,1H3/t25-/m1/s1. The average Bonchev–Trinajstić information content (AvgIpc) is 3.23. The molecule has 0 radical (unpaired) electrons. The van der Waals surface area contributed by atoms with Crippen LogP contribution in [0.5, 0.6) is 0 Å². The van der Waals surface area contributed by atoms with E-state index in [1.165, 1.54) is 16.8 Å². The highest BCUT2D eigenvalue weighted by atomic mass is 16.5. The van der Waals surface area contributed by atoms with Gasteiger partial charge >= 0.3 is 5.97 Å². The molecule has 0 aliphatic heterocycles. The largest absolute Gasteiger partial charge is 0.448 e. The number of aryl methyl sites for hydroxylation is 1. The topological polar surface area (TPSA) is 81.2 Å². The number of pyridine rings is 1. The lowest BCUT2D eigenvalue weighted by atomic mass is 9.98. The van der Waals surface area contributed by atoms with Crippen LogP contribution >= 0.6 is 0 Å². The fourth-order valence-corrected chi connectivity index (χ4v) is 3.66. The van der Waals surface area contributed by atoms with Crippen LogP contribution < -0.4 is 5.56 Å². The maximum atomic E-state index is 13.5. The van der Waals surface area contributed by atoms with Crippen LogP contribution in [-0.4, -0.2) is 21.3 Å². The number of nitrogens with one attached hydrogen (secondary N) is 1. The molecular formula is C25H22N2O4. The van der Waals surface area contributed by atoms with Crippen LogP contribution in [0.1, 0.15) is 34.5 Å². The number of hydrogen-bond donors (Lipinski definition) is 1. The lowest BCUT2D eigenvalue weighted by Crippen LogP contribution is -2.27. The van der Waals surface area contributed by atoms with Crippen molar-refractivity contribution in [3.05, 3.63) is 106 Å². The van der Waals surface area contributed by atoms with Gasteiger partial charge in [-0.1, -0.05) is 61.5 Å². The van der Waals surface area contributed by atoms with Gasteiger partial charge in [-0.2, -0.15) is 0 Å². The van der Waals surface area contributed by atoms with Gasteiger partial charge in [0.1, 0.15) is 6.54 Å². The number of esters is 1. The summed E-state index contributed by atoms with van der Waals surface area (Å²) < 4.78 is 6.87. The minimum absolute atomic E-state index is 0.274. The molecule has 156 valence electrons. The molecule has 0 saturated carbocycles. The zero-order valence-corrected chi connectivity index (χ0v) is 17.1. The van der Waals surface area contributed by atoms with Gasteiger partial charge in [-0.3, -0.25) is 14.4 Å². The smallest absolute Gasteiger partial charge is 0.327 e. The minimum Gasteiger partial charge on any atom is -0.448 e. The molecule has 0 aliphatic carbocycles. The number of carbonyl (C=O) groups is 2. The number of ether oxygens (including phenoxy) is 1. The van der Waals surface area contributed by atoms with Crippen LogP contribution in [0.3, 0.4) is 0 Å². The zero-order valence-electron chi connectivity index (χ0n) is 17.1. The summed E-state index contributed by atoms with van der Waals surface area (Å²) in [4.78, 5) is 41.3. The molecule has 0 unspecified atom stereocenters. The number of benzene rings is 2. The number of para-hydroxylation sites is 1. The second-order valence-corrected chi connectivity index (χ2v) is 7.21. The zero-order chi connectivity index (χ0) is 21.8. The van der Waals surface area contributed by atoms with Crippen LogP contribution in [0.15, 0.2) is 83.9 Å². The number of aromatic amines is 1. The van der Waals surface area contributed by atoms with Crippen LogP contribution in [0.25, 0.3) is 10.9 Å². The third kappa shape index (κ3) is 4.19. The fraction of sp³-hybridized carbons (Fsp3) is 0.160. The van der Waals surface area contributed by atoms with E-state index in [1.54, 1.807) is 42.6 Å². The highest BCUT2D eigenvalue weighted by Crippen LogP contribution is 2.29. The van der Waals surface area contributed by atoms with Crippen molar-refractivity contribution in [3.63, 3.8) is 0 Å². The van der Waals surface area contributed by atoms with E-state index >= 15 is 0 Å². The van der Waals surface area contributed by atoms with E-state index in [9.17, 15) is 14.4 Å². The summed E-state index contributed by atoms with van der Waals surface area (Å²) in [6.07, 6.45) is 2.89. The molecule has 2 aromatic carbocycles. The Morgan fingerprint density at radius 1 is 1.00 bits per heavy atom. The van der Waals surface area contributed by atoms with Gasteiger partial charge in [-0.05, 0) is 18.1 Å². The highest BCUT2D eigenvalue weighted by Gasteiger charge is 2.28. The molecule has 6 nitrogen and oxygen atoms in total. The molecule has 2 heterocycles. The third-order valence-corrected chi connectivity index (χ3v) is 5.24. The summed E-state index contributed by atoms with van der Waals surface area (Å²) in [6, 6.07) is 19.3. The number of aromatic nitrogens is 2. The minimum atomic E-state index is -1.11. The molecule has 0 spiro atoms. The van der Waals surface area contributed by atoms with Crippen LogP contribution in [-0.2, 0) is 22.5 Å². The summed E-state index contributed by atoms with van der Waals surface area (Å²) in [7, 11) is 0. The summed E-state index contributed by atoms with van der Waals surface area (Å²) in [5, 5.41) is 0.792. The molecule has 4 aromatic rings. The molecule has 0 aliphatic rings. The number of nitrogens with zero attached hydrogens (tertiary/aromatic N) is 1. The lowest BCUT2D eigenvalue weighted by Gasteiger charge is -2.17. The first-order valence-corrected chi connectivity index (χ1v) is 10.1. The summed E-state index contributed by atoms with van der Waals surface area (Å²) >= 11 is 0. The normalized spacial score (nSPS) is 11.9. The molecule has 2 aromatic heterocycles. The number of hydrogen-bond acceptors (Lipinski definition) is 4. The Morgan fingerprint density at radius 3 is 2.52 bits per heavy atom. The van der Waals surface area contributed by atoms with Crippen molar-refractivity contribution in [2.24, 2.45) is 0 Å². The van der Waals surface area contributed by atoms with Gasteiger partial charge < -0.3 is 14.3 Å². The molecule has 0 bridgehead atoms. The number of H-pyrrole nitrogens is 1. The van der Waals surface area contributed by atoms with E-state index in [2.05, 4.69) is 11.9 Å². The summed E-state index contributed by atoms with van der Waals surface area (Å²) in [5.41, 5.74) is 2.73. The SMILES string of the molecule is CCc1cccc2c(C(=O)[C@H](OC(=O)Cn3ccccc3=O)c3ccccc3)c[nH]c12. The third-order valence-electron chi connectivity index (χ3n) is 5.24. The molecule has 0 saturated heterocycles. The molecule has 0 amide bonds. The molecule has 0 fully saturated rings. The van der Waals surface area contributed by atoms with Crippen molar-refractivity contribution in [3.8, 4) is 0 Å². The van der Waals surface area contributed by atoms with Crippen molar-refractivity contribution in [2.75, 3.05) is 0 Å².